The molecule has 6 nitrogen and oxygen atoms in total. The molecular formula is C6H3F3N4O2. The van der Waals surface area contributed by atoms with E-state index in [-0.39, 0.29) is 0 Å². The van der Waals surface area contributed by atoms with Gasteiger partial charge in [0, 0.05) is 0 Å². The minimum absolute atomic E-state index is 0.316. The first-order chi connectivity index (χ1) is 6.83. The predicted molar refractivity (Wildman–Crippen MR) is 39.7 cm³/mol. The Morgan fingerprint density at radius 2 is 2.27 bits per heavy atom. The average Bonchev–Trinajstić information content (AvgIpc) is 2.44. The largest absolute Gasteiger partial charge is 0.409 e. The molecule has 0 spiro atoms. The van der Waals surface area contributed by atoms with Gasteiger partial charge >= 0.3 is 12.0 Å². The molecule has 0 aliphatic carbocycles. The van der Waals surface area contributed by atoms with E-state index in [1.54, 1.807) is 0 Å². The molecule has 0 fully saturated rings. The van der Waals surface area contributed by atoms with Crippen LogP contribution in [0.2, 0.25) is 0 Å². The highest BCUT2D eigenvalue weighted by Crippen LogP contribution is 2.20. The van der Waals surface area contributed by atoms with Crippen LogP contribution in [0.3, 0.4) is 0 Å². The fraction of sp³-hybridized carbons (Fsp3) is 0.333. The number of hydrogen-bond donors (Lipinski definition) is 0. The quantitative estimate of drug-likeness (QED) is 0.554. The zero-order valence-corrected chi connectivity index (χ0v) is 7.02. The molecule has 0 atom stereocenters. The third-order valence-corrected chi connectivity index (χ3v) is 1.38. The Morgan fingerprint density at radius 3 is 2.60 bits per heavy atom. The minimum atomic E-state index is -4.54. The second kappa shape index (κ2) is 3.56. The highest BCUT2D eigenvalue weighted by Gasteiger charge is 2.32. The summed E-state index contributed by atoms with van der Waals surface area (Å²) in [5.41, 5.74) is -0.496. The number of alkyl halides is 3. The monoisotopic (exact) mass is 220 g/mol. The molecule has 0 bridgehead atoms. The third-order valence-electron chi connectivity index (χ3n) is 1.38. The zero-order valence-electron chi connectivity index (χ0n) is 7.02. The summed E-state index contributed by atoms with van der Waals surface area (Å²) >= 11 is 0. The normalized spacial score (nSPS) is 11.1. The molecule has 0 aliphatic rings. The first-order valence-corrected chi connectivity index (χ1v) is 3.52. The van der Waals surface area contributed by atoms with E-state index in [1.165, 1.54) is 6.07 Å². The summed E-state index contributed by atoms with van der Waals surface area (Å²) in [6.45, 7) is -1.46. The lowest BCUT2D eigenvalue weighted by Gasteiger charge is -2.01. The van der Waals surface area contributed by atoms with Crippen LogP contribution in [-0.4, -0.2) is 20.9 Å². The second-order valence-corrected chi connectivity index (χ2v) is 2.55. The highest BCUT2D eigenvalue weighted by atomic mass is 19.4. The maximum Gasteiger partial charge on any atom is 0.409 e. The molecular weight excluding hydrogens is 217 g/mol. The smallest absolute Gasteiger partial charge is 0.358 e. The Balaban J connectivity index is 3.05. The Morgan fingerprint density at radius 1 is 1.67 bits per heavy atom. The Hall–Kier alpha value is -2.11. The topological polar surface area (TPSA) is 84.8 Å². The van der Waals surface area contributed by atoms with E-state index in [0.717, 1.165) is 0 Å². The molecule has 0 unspecified atom stereocenters. The number of hydrogen-bond acceptors (Lipinski definition) is 4. The van der Waals surface area contributed by atoms with Crippen LogP contribution in [0.4, 0.5) is 19.0 Å². The number of nitro groups is 1. The van der Waals surface area contributed by atoms with Crippen LogP contribution in [-0.2, 0) is 6.54 Å². The van der Waals surface area contributed by atoms with Crippen molar-refractivity contribution in [1.29, 1.82) is 5.26 Å². The molecule has 1 rings (SSSR count). The Kier molecular flexibility index (Phi) is 2.61. The molecule has 15 heavy (non-hydrogen) atoms. The van der Waals surface area contributed by atoms with Crippen molar-refractivity contribution >= 4 is 5.82 Å². The van der Waals surface area contributed by atoms with Gasteiger partial charge < -0.3 is 10.1 Å². The van der Waals surface area contributed by atoms with E-state index in [9.17, 15) is 23.3 Å². The summed E-state index contributed by atoms with van der Waals surface area (Å²) in [5.74, 6) is -0.873. The van der Waals surface area contributed by atoms with Crippen LogP contribution in [0.1, 0.15) is 5.56 Å². The Labute approximate surface area is 80.7 Å². The van der Waals surface area contributed by atoms with Crippen molar-refractivity contribution < 1.29 is 18.1 Å². The van der Waals surface area contributed by atoms with Gasteiger partial charge in [-0.05, 0) is 4.92 Å². The van der Waals surface area contributed by atoms with Crippen LogP contribution in [0.25, 0.3) is 0 Å². The molecule has 1 aromatic heterocycles. The first kappa shape index (κ1) is 11.0. The molecule has 1 heterocycles. The zero-order chi connectivity index (χ0) is 11.6. The van der Waals surface area contributed by atoms with Gasteiger partial charge in [0.15, 0.2) is 12.1 Å². The van der Waals surface area contributed by atoms with Crippen LogP contribution >= 0.6 is 0 Å². The molecule has 0 aromatic carbocycles. The lowest BCUT2D eigenvalue weighted by atomic mass is 10.4. The molecule has 0 saturated carbocycles. The standard InChI is InChI=1S/C6H3F3N4O2/c7-6(8,9)3-12-2-4(1-10)5(11-12)13(14)15/h2H,3H2. The molecule has 0 N–H and O–H groups in total. The van der Waals surface area contributed by atoms with Crippen LogP contribution in [0, 0.1) is 21.4 Å². The highest BCUT2D eigenvalue weighted by molar-refractivity contribution is 5.40. The van der Waals surface area contributed by atoms with E-state index in [4.69, 9.17) is 5.26 Å². The number of nitriles is 1. The van der Waals surface area contributed by atoms with Crippen LogP contribution in [0.5, 0.6) is 0 Å². The molecule has 1 aromatic rings. The van der Waals surface area contributed by atoms with Gasteiger partial charge in [-0.25, -0.2) is 0 Å². The number of nitrogens with zero attached hydrogens (tertiary/aromatic N) is 4. The SMILES string of the molecule is N#Cc1cn(CC(F)(F)F)nc1[N+](=O)[O-]. The van der Waals surface area contributed by atoms with Crippen molar-refractivity contribution in [2.75, 3.05) is 0 Å². The molecule has 0 amide bonds. The number of rotatable bonds is 2. The fourth-order valence-electron chi connectivity index (χ4n) is 0.890. The van der Waals surface area contributed by atoms with E-state index in [2.05, 4.69) is 5.10 Å². The van der Waals surface area contributed by atoms with Crippen LogP contribution in [0.15, 0.2) is 6.20 Å². The summed E-state index contributed by atoms with van der Waals surface area (Å²) in [6, 6.07) is 1.39. The van der Waals surface area contributed by atoms with Gasteiger partial charge in [-0.3, -0.25) is 0 Å². The van der Waals surface area contributed by atoms with Gasteiger partial charge in [0.25, 0.3) is 0 Å². The minimum Gasteiger partial charge on any atom is -0.358 e. The van der Waals surface area contributed by atoms with Crippen molar-refractivity contribution in [3.05, 3.63) is 21.9 Å². The van der Waals surface area contributed by atoms with E-state index in [0.29, 0.717) is 10.9 Å². The van der Waals surface area contributed by atoms with Gasteiger partial charge in [0.2, 0.25) is 0 Å². The van der Waals surface area contributed by atoms with Crippen LogP contribution < -0.4 is 0 Å². The summed E-state index contributed by atoms with van der Waals surface area (Å²) in [4.78, 5) is 9.25. The van der Waals surface area contributed by atoms with Gasteiger partial charge in [-0.2, -0.15) is 23.1 Å². The molecule has 80 valence electrons. The fourth-order valence-corrected chi connectivity index (χ4v) is 0.890. The predicted octanol–water partition coefficient (Wildman–Crippen LogP) is 1.23. The van der Waals surface area contributed by atoms with E-state index in [1.807, 2.05) is 0 Å². The molecule has 0 saturated heterocycles. The summed E-state index contributed by atoms with van der Waals surface area (Å²) in [6.07, 6.45) is -3.85. The molecule has 0 aliphatic heterocycles. The molecule has 9 heteroatoms. The van der Waals surface area contributed by atoms with Crippen molar-refractivity contribution in [3.8, 4) is 6.07 Å². The van der Waals surface area contributed by atoms with Crippen molar-refractivity contribution in [2.24, 2.45) is 0 Å². The maximum absolute atomic E-state index is 11.9. The lowest BCUT2D eigenvalue weighted by molar-refractivity contribution is -0.390. The van der Waals surface area contributed by atoms with E-state index >= 15 is 0 Å². The lowest BCUT2D eigenvalue weighted by Crippen LogP contribution is -2.18. The number of halogens is 3. The summed E-state index contributed by atoms with van der Waals surface area (Å²) in [5, 5.41) is 21.7. The van der Waals surface area contributed by atoms with Crippen molar-refractivity contribution in [3.63, 3.8) is 0 Å². The summed E-state index contributed by atoms with van der Waals surface area (Å²) in [7, 11) is 0. The Bertz CT molecular complexity index is 431. The van der Waals surface area contributed by atoms with E-state index < -0.39 is 29.0 Å². The average molecular weight is 220 g/mol. The third kappa shape index (κ3) is 2.67. The van der Waals surface area contributed by atoms with Gasteiger partial charge in [-0.1, -0.05) is 0 Å². The van der Waals surface area contributed by atoms with Gasteiger partial charge in [-0.15, -0.1) is 0 Å². The second-order valence-electron chi connectivity index (χ2n) is 2.55. The van der Waals surface area contributed by atoms with Crippen molar-refractivity contribution in [2.45, 2.75) is 12.7 Å². The maximum atomic E-state index is 11.9. The number of aromatic nitrogens is 2. The summed E-state index contributed by atoms with van der Waals surface area (Å²) < 4.78 is 35.9. The first-order valence-electron chi connectivity index (χ1n) is 3.52. The van der Waals surface area contributed by atoms with Gasteiger partial charge in [0.1, 0.15) is 6.07 Å². The van der Waals surface area contributed by atoms with Gasteiger partial charge in [0.05, 0.1) is 11.3 Å². The van der Waals surface area contributed by atoms with Crippen molar-refractivity contribution in [1.82, 2.24) is 9.78 Å². The molecule has 0 radical (unpaired) electrons.